The molecule has 0 atom stereocenters. The lowest BCUT2D eigenvalue weighted by Gasteiger charge is -2.03. The Morgan fingerprint density at radius 3 is 1.22 bits per heavy atom. The van der Waals surface area contributed by atoms with Gasteiger partial charge in [0, 0.05) is 109 Å². The predicted octanol–water partition coefficient (Wildman–Crippen LogP) is 0.495. The molecule has 0 fully saturated rings. The van der Waals surface area contributed by atoms with Crippen molar-refractivity contribution in [2.45, 2.75) is 26.4 Å². The Morgan fingerprint density at radius 2 is 0.819 bits per heavy atom. The highest BCUT2D eigenvalue weighted by Gasteiger charge is 2.25. The van der Waals surface area contributed by atoms with E-state index in [1.54, 1.807) is 52.8 Å². The molecule has 0 saturated heterocycles. The minimum Gasteiger partial charge on any atom is -0.465 e. The number of aryl methyl sites for hydroxylation is 8. The normalized spacial score (nSPS) is 11.7. The van der Waals surface area contributed by atoms with Gasteiger partial charge in [0.05, 0.1) is 27.7 Å². The maximum absolute atomic E-state index is 14.2. The molecule has 83 heavy (non-hydrogen) atoms. The zero-order chi connectivity index (χ0) is 62.5. The molecule has 0 radical (unpaired) electrons. The lowest BCUT2D eigenvalue weighted by Crippen LogP contribution is -2.23. The summed E-state index contributed by atoms with van der Waals surface area (Å²) >= 11 is 14.4. The summed E-state index contributed by atoms with van der Waals surface area (Å²) in [5, 5.41) is 53.8. The van der Waals surface area contributed by atoms with Crippen LogP contribution in [0.4, 0.5) is 4.39 Å². The van der Waals surface area contributed by atoms with Crippen molar-refractivity contribution in [1.82, 2.24) is 138 Å². The Bertz CT molecular complexity index is 4290. The van der Waals surface area contributed by atoms with Crippen LogP contribution < -0.4 is 41.7 Å². The molecule has 12 heterocycles. The van der Waals surface area contributed by atoms with E-state index in [4.69, 9.17) is 36.0 Å². The molecule has 12 rings (SSSR count). The Balaban J connectivity index is 0.000000138. The number of hydrogen-bond donors (Lipinski definition) is 0. The first-order valence-corrected chi connectivity index (χ1v) is 27.5. The maximum atomic E-state index is 14.2. The van der Waals surface area contributed by atoms with Gasteiger partial charge in [0.2, 0.25) is 5.95 Å². The Morgan fingerprint density at radius 1 is 0.470 bits per heavy atom. The van der Waals surface area contributed by atoms with Crippen LogP contribution in [0, 0.1) is 5.95 Å². The second kappa shape index (κ2) is 25.7. The minimum absolute atomic E-state index is 0.000697. The molecule has 43 heteroatoms. The minimum atomic E-state index is -0.657. The van der Waals surface area contributed by atoms with Crippen LogP contribution >= 0.6 is 72.9 Å². The molecule has 0 aliphatic rings. The monoisotopic (exact) mass is 1310 g/mol. The van der Waals surface area contributed by atoms with Crippen molar-refractivity contribution < 1.29 is 28.8 Å². The topological polar surface area (TPSA) is 371 Å². The van der Waals surface area contributed by atoms with Gasteiger partial charge in [-0.15, -0.1) is 23.8 Å². The van der Waals surface area contributed by atoms with Gasteiger partial charge < -0.3 is 18.9 Å². The standard InChI is InChI=1S/C10H10BrN7O2S.C10H10ClN7O2S.C10H10FN7O2S.C10H11N7O2S/c3*1-16-7(11)6(5-20-9-12-3-4-21-9)8(13-16)18-10(19)17(2)14-15-18;1-15-5-7(6-19-9-11-3-4-20-9)8(12-15)17-10(18)16(2)13-14-17/h3*3-4H,5H2,1-2H3;3-5H,6H2,1-2H3/i4*3T. The van der Waals surface area contributed by atoms with Crippen LogP contribution in [0.25, 0.3) is 23.3 Å². The molecule has 12 aromatic heterocycles. The highest BCUT2D eigenvalue weighted by Crippen LogP contribution is 2.27. The van der Waals surface area contributed by atoms with Crippen molar-refractivity contribution >= 4 is 72.9 Å². The fourth-order valence-corrected chi connectivity index (χ4v) is 8.91. The van der Waals surface area contributed by atoms with Crippen LogP contribution in [-0.2, 0) is 82.8 Å². The van der Waals surface area contributed by atoms with Crippen molar-refractivity contribution in [2.24, 2.45) is 56.4 Å². The molecular weight excluding hydrogens is 1260 g/mol. The Kier molecular flexibility index (Phi) is 16.4. The van der Waals surface area contributed by atoms with E-state index in [0.717, 1.165) is 53.5 Å². The first-order valence-electron chi connectivity index (χ1n) is 24.8. The molecule has 0 aromatic carbocycles. The average Bonchev–Trinajstić information content (AvgIpc) is 2.04. The van der Waals surface area contributed by atoms with E-state index in [9.17, 15) is 23.6 Å². The van der Waals surface area contributed by atoms with Crippen molar-refractivity contribution in [1.29, 1.82) is 0 Å². The highest BCUT2D eigenvalue weighted by atomic mass is 79.9. The van der Waals surface area contributed by atoms with Gasteiger partial charge in [0.25, 0.3) is 20.8 Å². The van der Waals surface area contributed by atoms with E-state index in [2.05, 4.69) is 98.0 Å². The van der Waals surface area contributed by atoms with Gasteiger partial charge in [-0.05, 0) is 57.6 Å². The molecule has 12 aromatic rings. The third kappa shape index (κ3) is 13.1. The van der Waals surface area contributed by atoms with Crippen molar-refractivity contribution in [3.8, 4) is 44.0 Å². The highest BCUT2D eigenvalue weighted by molar-refractivity contribution is 9.10. The number of tetrazole rings is 4. The maximum Gasteiger partial charge on any atom is 0.369 e. The number of rotatable bonds is 16. The molecule has 0 aliphatic heterocycles. The Hall–Kier alpha value is -9.26. The zero-order valence-electron chi connectivity index (χ0n) is 47.8. The van der Waals surface area contributed by atoms with Gasteiger partial charge in [-0.2, -0.15) is 38.4 Å². The molecule has 0 N–H and O–H groups in total. The summed E-state index contributed by atoms with van der Waals surface area (Å²) in [6.45, 7) is 0.127. The van der Waals surface area contributed by atoms with Crippen molar-refractivity contribution in [3.05, 3.63) is 132 Å². The van der Waals surface area contributed by atoms with Gasteiger partial charge in [-0.25, -0.2) is 43.8 Å². The van der Waals surface area contributed by atoms with E-state index in [0.29, 0.717) is 53.7 Å². The summed E-state index contributed by atoms with van der Waals surface area (Å²) in [5.41, 5.74) is 0.0296. The second-order valence-corrected chi connectivity index (χ2v) is 20.5. The van der Waals surface area contributed by atoms with Crippen molar-refractivity contribution in [3.63, 3.8) is 0 Å². The van der Waals surface area contributed by atoms with Gasteiger partial charge in [-0.3, -0.25) is 14.0 Å². The van der Waals surface area contributed by atoms with Crippen LogP contribution in [0.3, 0.4) is 0 Å². The van der Waals surface area contributed by atoms with Crippen LogP contribution in [0.5, 0.6) is 20.8 Å². The molecule has 36 nitrogen and oxygen atoms in total. The van der Waals surface area contributed by atoms with Crippen LogP contribution in [0.15, 0.2) is 76.2 Å². The third-order valence-corrected chi connectivity index (χ3v) is 14.6. The third-order valence-electron chi connectivity index (χ3n) is 10.6. The summed E-state index contributed by atoms with van der Waals surface area (Å²) < 4.78 is 80.1. The zero-order valence-corrected chi connectivity index (χ0v) is 49.4. The van der Waals surface area contributed by atoms with Crippen LogP contribution in [-0.4, -0.2) is 138 Å². The molecule has 0 unspecified atom stereocenters. The molecule has 0 saturated carbocycles. The van der Waals surface area contributed by atoms with Crippen molar-refractivity contribution in [2.75, 3.05) is 0 Å². The van der Waals surface area contributed by atoms with Gasteiger partial charge in [-0.1, -0.05) is 56.9 Å². The van der Waals surface area contributed by atoms with E-state index >= 15 is 0 Å². The summed E-state index contributed by atoms with van der Waals surface area (Å²) in [6, 6.07) is 0. The van der Waals surface area contributed by atoms with Crippen LogP contribution in [0.1, 0.15) is 27.7 Å². The number of nitrogens with zero attached hydrogens (tertiary/aromatic N) is 28. The molecule has 0 bridgehead atoms. The molecule has 0 spiro atoms. The lowest BCUT2D eigenvalue weighted by atomic mass is 10.3. The van der Waals surface area contributed by atoms with E-state index in [1.807, 2.05) is 0 Å². The number of aromatic nitrogens is 28. The van der Waals surface area contributed by atoms with Gasteiger partial charge in [0.15, 0.2) is 23.3 Å². The largest absolute Gasteiger partial charge is 0.465 e. The number of ether oxygens (including phenoxy) is 4. The predicted molar refractivity (Wildman–Crippen MR) is 292 cm³/mol. The second-order valence-electron chi connectivity index (χ2n) is 16.1. The number of halogens is 3. The first kappa shape index (κ1) is 53.1. The summed E-state index contributed by atoms with van der Waals surface area (Å²) in [6.07, 6.45) is 2.23. The van der Waals surface area contributed by atoms with E-state index in [1.165, 1.54) is 79.3 Å². The summed E-state index contributed by atoms with van der Waals surface area (Å²) in [4.78, 5) is 63.2. The quantitative estimate of drug-likeness (QED) is 0.127. The average molecular weight is 1310 g/mol. The molecule has 0 amide bonds. The molecule has 0 aliphatic carbocycles. The smallest absolute Gasteiger partial charge is 0.369 e. The van der Waals surface area contributed by atoms with Crippen LogP contribution in [0.2, 0.25) is 5.15 Å². The van der Waals surface area contributed by atoms with E-state index in [-0.39, 0.29) is 73.5 Å². The summed E-state index contributed by atoms with van der Waals surface area (Å²) in [5.74, 6) is 0.276. The molecule has 434 valence electrons. The van der Waals surface area contributed by atoms with Gasteiger partial charge in [0.1, 0.15) is 36.2 Å². The lowest BCUT2D eigenvalue weighted by molar-refractivity contribution is 0.295. The first-order chi connectivity index (χ1) is 41.4. The fourth-order valence-electron chi connectivity index (χ4n) is 6.61. The molecular formula is C40H41BrClFN28O8S4. The fraction of sp³-hybridized carbons (Fsp3) is 0.300. The van der Waals surface area contributed by atoms with Gasteiger partial charge >= 0.3 is 22.8 Å². The van der Waals surface area contributed by atoms with E-state index < -0.39 is 28.7 Å². The Labute approximate surface area is 496 Å². The SMILES string of the molecule is [3H]c1csc(OCc2c(-n3nnn(C)c3=O)nn(C)c2Br)n1.[3H]c1csc(OCc2c(-n3nnn(C)c3=O)nn(C)c2Cl)n1.[3H]c1csc(OCc2c(-n3nnn(C)c3=O)nn(C)c2F)n1.[3H]c1csc(OCc2cn(C)nc2-n2nnn(C)c2=O)n1. The summed E-state index contributed by atoms with van der Waals surface area (Å²) in [7, 11) is 12.4. The number of thiazole rings is 4. The number of hydrogen-bond acceptors (Lipinski definition) is 28.